The van der Waals surface area contributed by atoms with E-state index in [0.717, 1.165) is 17.7 Å². The van der Waals surface area contributed by atoms with E-state index in [-0.39, 0.29) is 11.2 Å². The molecule has 1 saturated heterocycles. The first kappa shape index (κ1) is 13.8. The number of amides is 1. The van der Waals surface area contributed by atoms with Crippen LogP contribution in [0, 0.1) is 0 Å². The first-order valence-electron chi connectivity index (χ1n) is 6.36. The normalized spacial score (nSPS) is 21.3. The van der Waals surface area contributed by atoms with E-state index in [1.54, 1.807) is 0 Å². The molecule has 0 saturated carbocycles. The smallest absolute Gasteiger partial charge is 0.233 e. The molecule has 2 rings (SSSR count). The first-order valence-corrected chi connectivity index (χ1v) is 8.03. The molecule has 2 atom stereocenters. The highest BCUT2D eigenvalue weighted by Gasteiger charge is 2.20. The van der Waals surface area contributed by atoms with Crippen molar-refractivity contribution in [2.45, 2.75) is 30.6 Å². The van der Waals surface area contributed by atoms with Crippen molar-refractivity contribution in [3.63, 3.8) is 0 Å². The molecule has 0 spiro atoms. The minimum absolute atomic E-state index is 0.0645. The molecule has 0 aromatic heterocycles. The summed E-state index contributed by atoms with van der Waals surface area (Å²) in [5, 5.41) is 2.85. The highest BCUT2D eigenvalue weighted by molar-refractivity contribution is 7.99. The number of hydrogen-bond donors (Lipinski definition) is 2. The lowest BCUT2D eigenvalue weighted by atomic mass is 10.1. The van der Waals surface area contributed by atoms with Gasteiger partial charge in [-0.1, -0.05) is 30.3 Å². The van der Waals surface area contributed by atoms with Crippen molar-refractivity contribution in [3.05, 3.63) is 35.9 Å². The molecule has 98 valence electrons. The van der Waals surface area contributed by atoms with Gasteiger partial charge in [0.15, 0.2) is 0 Å². The second-order valence-corrected chi connectivity index (χ2v) is 6.40. The van der Waals surface area contributed by atoms with Crippen LogP contribution in [0.5, 0.6) is 0 Å². The average molecular weight is 281 g/mol. The molecule has 0 radical (unpaired) electrons. The zero-order valence-corrected chi connectivity index (χ0v) is 12.1. The van der Waals surface area contributed by atoms with Crippen LogP contribution in [0.25, 0.3) is 0 Å². The summed E-state index contributed by atoms with van der Waals surface area (Å²) in [7, 11) is 0. The number of hydrogen-bond acceptors (Lipinski definition) is 3. The van der Waals surface area contributed by atoms with Gasteiger partial charge < -0.3 is 5.32 Å². The van der Waals surface area contributed by atoms with Gasteiger partial charge in [0.2, 0.25) is 5.91 Å². The van der Waals surface area contributed by atoms with E-state index in [1.807, 2.05) is 42.1 Å². The van der Waals surface area contributed by atoms with Crippen LogP contribution in [0.1, 0.15) is 18.4 Å². The van der Waals surface area contributed by atoms with Crippen molar-refractivity contribution < 1.29 is 4.79 Å². The summed E-state index contributed by atoms with van der Waals surface area (Å²) in [6.07, 6.45) is 2.99. The summed E-state index contributed by atoms with van der Waals surface area (Å²) in [6, 6.07) is 10.4. The van der Waals surface area contributed by atoms with Crippen LogP contribution in [0.2, 0.25) is 0 Å². The third-order valence-electron chi connectivity index (χ3n) is 3.08. The van der Waals surface area contributed by atoms with Crippen LogP contribution in [0.3, 0.4) is 0 Å². The molecule has 4 heteroatoms. The number of carbonyl (C=O) groups is 1. The van der Waals surface area contributed by atoms with Gasteiger partial charge in [0.25, 0.3) is 0 Å². The molecule has 1 fully saturated rings. The summed E-state index contributed by atoms with van der Waals surface area (Å²) in [4.78, 5) is 12.0. The third-order valence-corrected chi connectivity index (χ3v) is 4.71. The maximum Gasteiger partial charge on any atom is 0.233 e. The van der Waals surface area contributed by atoms with Gasteiger partial charge in [0, 0.05) is 11.8 Å². The number of thioether (sulfide) groups is 1. The van der Waals surface area contributed by atoms with E-state index < -0.39 is 0 Å². The van der Waals surface area contributed by atoms with Gasteiger partial charge in [-0.15, -0.1) is 0 Å². The Morgan fingerprint density at radius 1 is 1.44 bits per heavy atom. The molecule has 1 aliphatic heterocycles. The van der Waals surface area contributed by atoms with E-state index in [9.17, 15) is 4.79 Å². The number of thiol groups is 1. The third kappa shape index (κ3) is 4.25. The maximum absolute atomic E-state index is 12.0. The topological polar surface area (TPSA) is 29.1 Å². The van der Waals surface area contributed by atoms with E-state index in [2.05, 4.69) is 17.9 Å². The quantitative estimate of drug-likeness (QED) is 0.831. The van der Waals surface area contributed by atoms with Crippen molar-refractivity contribution in [1.29, 1.82) is 0 Å². The van der Waals surface area contributed by atoms with Crippen molar-refractivity contribution in [1.82, 2.24) is 5.32 Å². The SMILES string of the molecule is O=C(NC1CCCSC1)C(S)Cc1ccccc1. The number of carbonyl (C=O) groups excluding carboxylic acids is 1. The minimum atomic E-state index is -0.251. The minimum Gasteiger partial charge on any atom is -0.352 e. The van der Waals surface area contributed by atoms with Crippen molar-refractivity contribution in [3.8, 4) is 0 Å². The van der Waals surface area contributed by atoms with E-state index in [0.29, 0.717) is 12.5 Å². The van der Waals surface area contributed by atoms with Crippen LogP contribution in [-0.2, 0) is 11.2 Å². The number of benzene rings is 1. The van der Waals surface area contributed by atoms with Gasteiger partial charge in [-0.3, -0.25) is 4.79 Å². The monoisotopic (exact) mass is 281 g/mol. The Kier molecular flexibility index (Phi) is 5.45. The van der Waals surface area contributed by atoms with E-state index >= 15 is 0 Å². The van der Waals surface area contributed by atoms with Crippen LogP contribution in [0.4, 0.5) is 0 Å². The van der Waals surface area contributed by atoms with Gasteiger partial charge in [0.05, 0.1) is 5.25 Å². The predicted molar refractivity (Wildman–Crippen MR) is 81.4 cm³/mol. The van der Waals surface area contributed by atoms with Gasteiger partial charge in [-0.05, 0) is 30.6 Å². The number of rotatable bonds is 4. The predicted octanol–water partition coefficient (Wildman–Crippen LogP) is 2.54. The molecule has 1 aromatic rings. The molecule has 2 nitrogen and oxygen atoms in total. The Bertz CT molecular complexity index is 377. The second kappa shape index (κ2) is 7.10. The maximum atomic E-state index is 12.0. The van der Waals surface area contributed by atoms with Crippen molar-refractivity contribution >= 4 is 30.3 Å². The fourth-order valence-electron chi connectivity index (χ4n) is 2.08. The number of nitrogens with one attached hydrogen (secondary N) is 1. The van der Waals surface area contributed by atoms with Gasteiger partial charge in [0.1, 0.15) is 0 Å². The molecule has 2 unspecified atom stereocenters. The van der Waals surface area contributed by atoms with Gasteiger partial charge in [-0.25, -0.2) is 0 Å². The first-order chi connectivity index (χ1) is 8.75. The molecule has 0 aliphatic carbocycles. The standard InChI is InChI=1S/C14H19NOS2/c16-14(15-12-7-4-8-18-10-12)13(17)9-11-5-2-1-3-6-11/h1-3,5-6,12-13,17H,4,7-10H2,(H,15,16). The molecule has 1 N–H and O–H groups in total. The summed E-state index contributed by atoms with van der Waals surface area (Å²) in [6.45, 7) is 0. The fourth-order valence-corrected chi connectivity index (χ4v) is 3.44. The highest BCUT2D eigenvalue weighted by atomic mass is 32.2. The van der Waals surface area contributed by atoms with Gasteiger partial charge >= 0.3 is 0 Å². The van der Waals surface area contributed by atoms with E-state index in [1.165, 1.54) is 12.2 Å². The molecule has 1 amide bonds. The van der Waals surface area contributed by atoms with Crippen LogP contribution < -0.4 is 5.32 Å². The molecular weight excluding hydrogens is 262 g/mol. The second-order valence-electron chi connectivity index (χ2n) is 4.63. The van der Waals surface area contributed by atoms with Crippen LogP contribution in [-0.4, -0.2) is 28.7 Å². The van der Waals surface area contributed by atoms with E-state index in [4.69, 9.17) is 0 Å². The molecular formula is C14H19NOS2. The Hall–Kier alpha value is -0.610. The lowest BCUT2D eigenvalue weighted by Gasteiger charge is -2.24. The van der Waals surface area contributed by atoms with Crippen molar-refractivity contribution in [2.75, 3.05) is 11.5 Å². The van der Waals surface area contributed by atoms with Crippen molar-refractivity contribution in [2.24, 2.45) is 0 Å². The molecule has 1 aromatic carbocycles. The molecule has 0 bridgehead atoms. The average Bonchev–Trinajstić information content (AvgIpc) is 2.41. The zero-order chi connectivity index (χ0) is 12.8. The molecule has 1 aliphatic rings. The summed E-state index contributed by atoms with van der Waals surface area (Å²) in [5.41, 5.74) is 1.16. The molecule has 1 heterocycles. The zero-order valence-electron chi connectivity index (χ0n) is 10.3. The summed E-state index contributed by atoms with van der Waals surface area (Å²) >= 11 is 6.34. The largest absolute Gasteiger partial charge is 0.352 e. The van der Waals surface area contributed by atoms with Crippen LogP contribution >= 0.6 is 24.4 Å². The highest BCUT2D eigenvalue weighted by Crippen LogP contribution is 2.17. The van der Waals surface area contributed by atoms with Crippen LogP contribution in [0.15, 0.2) is 30.3 Å². The lowest BCUT2D eigenvalue weighted by molar-refractivity contribution is -0.121. The Morgan fingerprint density at radius 2 is 2.22 bits per heavy atom. The Labute approximate surface area is 118 Å². The summed E-state index contributed by atoms with van der Waals surface area (Å²) < 4.78 is 0. The Morgan fingerprint density at radius 3 is 2.89 bits per heavy atom. The molecule has 18 heavy (non-hydrogen) atoms. The fraction of sp³-hybridized carbons (Fsp3) is 0.500. The summed E-state index contributed by atoms with van der Waals surface area (Å²) in [5.74, 6) is 2.33. The Balaban J connectivity index is 1.81. The van der Waals surface area contributed by atoms with Gasteiger partial charge in [-0.2, -0.15) is 24.4 Å². The lowest BCUT2D eigenvalue weighted by Crippen LogP contribution is -2.42.